The van der Waals surface area contributed by atoms with Crippen LogP contribution in [0.25, 0.3) is 11.0 Å². The predicted octanol–water partition coefficient (Wildman–Crippen LogP) is 1.80. The molecule has 8 nitrogen and oxygen atoms in total. The van der Waals surface area contributed by atoms with E-state index >= 15 is 0 Å². The largest absolute Gasteiger partial charge is 0.479 e. The second-order valence-electron chi connectivity index (χ2n) is 6.54. The van der Waals surface area contributed by atoms with Crippen molar-refractivity contribution in [1.82, 2.24) is 24.8 Å². The van der Waals surface area contributed by atoms with Gasteiger partial charge in [0.1, 0.15) is 22.4 Å². The number of fused-ring (bicyclic) bond motifs is 1. The summed E-state index contributed by atoms with van der Waals surface area (Å²) in [6.45, 7) is 4.01. The normalized spacial score (nSPS) is 17.8. The summed E-state index contributed by atoms with van der Waals surface area (Å²) in [6.07, 6.45) is 4.53. The molecule has 1 fully saturated rings. The van der Waals surface area contributed by atoms with Crippen LogP contribution in [0.1, 0.15) is 24.2 Å². The van der Waals surface area contributed by atoms with Crippen LogP contribution in [0.2, 0.25) is 0 Å². The molecule has 4 rings (SSSR count). The number of aromatic nitrogens is 4. The maximum atomic E-state index is 12.0. The Hall–Kier alpha value is -2.74. The van der Waals surface area contributed by atoms with E-state index < -0.39 is 11.5 Å². The molecule has 0 aliphatic carbocycles. The minimum absolute atomic E-state index is 0.549. The van der Waals surface area contributed by atoms with Crippen molar-refractivity contribution in [2.45, 2.75) is 31.8 Å². The molecule has 130 valence electrons. The average molecular weight is 341 g/mol. The molecule has 3 aromatic rings. The van der Waals surface area contributed by atoms with E-state index in [0.717, 1.165) is 29.0 Å². The molecule has 1 aromatic carbocycles. The molecule has 1 aliphatic heterocycles. The number of carboxylic acid groups (broad SMARTS) is 1. The molecule has 8 heteroatoms. The van der Waals surface area contributed by atoms with Crippen LogP contribution in [0, 0.1) is 6.92 Å². The van der Waals surface area contributed by atoms with Crippen LogP contribution in [0.5, 0.6) is 0 Å². The maximum Gasteiger partial charge on any atom is 0.330 e. The lowest BCUT2D eigenvalue weighted by Gasteiger charge is -2.40. The van der Waals surface area contributed by atoms with E-state index in [9.17, 15) is 9.90 Å². The Kier molecular flexibility index (Phi) is 3.76. The van der Waals surface area contributed by atoms with Crippen LogP contribution in [-0.4, -0.2) is 48.9 Å². The van der Waals surface area contributed by atoms with Crippen molar-refractivity contribution < 1.29 is 14.5 Å². The fraction of sp³-hybridized carbons (Fsp3) is 0.412. The topological polar surface area (TPSA) is 97.3 Å². The van der Waals surface area contributed by atoms with Gasteiger partial charge in [-0.2, -0.15) is 0 Å². The highest BCUT2D eigenvalue weighted by Crippen LogP contribution is 2.32. The van der Waals surface area contributed by atoms with Gasteiger partial charge in [0.25, 0.3) is 0 Å². The average Bonchev–Trinajstić information content (AvgIpc) is 3.24. The summed E-state index contributed by atoms with van der Waals surface area (Å²) in [5, 5.41) is 17.5. The summed E-state index contributed by atoms with van der Waals surface area (Å²) >= 11 is 0. The second kappa shape index (κ2) is 5.96. The first kappa shape index (κ1) is 15.8. The van der Waals surface area contributed by atoms with Gasteiger partial charge in [0, 0.05) is 32.0 Å². The Morgan fingerprint density at radius 3 is 2.72 bits per heavy atom. The van der Waals surface area contributed by atoms with Crippen molar-refractivity contribution >= 4 is 17.0 Å². The number of aryl methyl sites for hydroxylation is 1. The number of rotatable bonds is 4. The number of imidazole rings is 1. The van der Waals surface area contributed by atoms with Gasteiger partial charge >= 0.3 is 5.97 Å². The van der Waals surface area contributed by atoms with Gasteiger partial charge in [-0.25, -0.2) is 14.4 Å². The van der Waals surface area contributed by atoms with Gasteiger partial charge in [-0.15, -0.1) is 0 Å². The number of nitrogens with zero attached hydrogens (tertiary/aromatic N) is 5. The Bertz CT molecular complexity index is 908. The molecule has 0 unspecified atom stereocenters. The molecule has 0 saturated carbocycles. The molecule has 0 radical (unpaired) electrons. The van der Waals surface area contributed by atoms with E-state index in [-0.39, 0.29) is 0 Å². The SMILES string of the molecule is Cc1nccn1C1(C(=O)O)CCN(Cc2ccc3nonc3c2)CC1. The van der Waals surface area contributed by atoms with Gasteiger partial charge in [-0.1, -0.05) is 6.07 Å². The summed E-state index contributed by atoms with van der Waals surface area (Å²) in [5.74, 6) is -0.0526. The number of piperidine rings is 1. The molecule has 25 heavy (non-hydrogen) atoms. The molecule has 3 heterocycles. The summed E-state index contributed by atoms with van der Waals surface area (Å²) in [6, 6.07) is 5.86. The number of carboxylic acids is 1. The highest BCUT2D eigenvalue weighted by Gasteiger charge is 2.43. The van der Waals surface area contributed by atoms with Crippen LogP contribution in [0.3, 0.4) is 0 Å². The molecular formula is C17H19N5O3. The predicted molar refractivity (Wildman–Crippen MR) is 88.9 cm³/mol. The van der Waals surface area contributed by atoms with Gasteiger partial charge in [0.2, 0.25) is 0 Å². The Morgan fingerprint density at radius 2 is 2.04 bits per heavy atom. The van der Waals surface area contributed by atoms with E-state index in [2.05, 4.69) is 20.2 Å². The molecule has 1 saturated heterocycles. The third-order valence-corrected chi connectivity index (χ3v) is 5.09. The first-order valence-corrected chi connectivity index (χ1v) is 8.26. The number of hydrogen-bond donors (Lipinski definition) is 1. The van der Waals surface area contributed by atoms with E-state index in [1.807, 2.05) is 25.1 Å². The number of carbonyl (C=O) groups is 1. The van der Waals surface area contributed by atoms with E-state index in [1.165, 1.54) is 0 Å². The van der Waals surface area contributed by atoms with Crippen molar-refractivity contribution in [2.75, 3.05) is 13.1 Å². The maximum absolute atomic E-state index is 12.0. The number of likely N-dealkylation sites (tertiary alicyclic amines) is 1. The fourth-order valence-electron chi connectivity index (χ4n) is 3.65. The molecule has 0 bridgehead atoms. The molecule has 1 aliphatic rings. The van der Waals surface area contributed by atoms with E-state index in [0.29, 0.717) is 25.9 Å². The first-order chi connectivity index (χ1) is 12.1. The molecular weight excluding hydrogens is 322 g/mol. The van der Waals surface area contributed by atoms with Gasteiger partial charge in [-0.05, 0) is 47.8 Å². The molecule has 0 atom stereocenters. The van der Waals surface area contributed by atoms with Crippen molar-refractivity contribution in [3.8, 4) is 0 Å². The van der Waals surface area contributed by atoms with Crippen LogP contribution in [-0.2, 0) is 16.9 Å². The van der Waals surface area contributed by atoms with Crippen LogP contribution in [0.15, 0.2) is 35.2 Å². The monoisotopic (exact) mass is 341 g/mol. The van der Waals surface area contributed by atoms with Gasteiger partial charge in [0.15, 0.2) is 0 Å². The van der Waals surface area contributed by atoms with Crippen molar-refractivity contribution in [3.05, 3.63) is 42.0 Å². The van der Waals surface area contributed by atoms with Crippen LogP contribution in [0.4, 0.5) is 0 Å². The minimum atomic E-state index is -0.906. The fourth-order valence-corrected chi connectivity index (χ4v) is 3.65. The zero-order valence-electron chi connectivity index (χ0n) is 13.9. The van der Waals surface area contributed by atoms with Gasteiger partial charge in [0.05, 0.1) is 0 Å². The molecule has 0 spiro atoms. The van der Waals surface area contributed by atoms with Crippen LogP contribution >= 0.6 is 0 Å². The zero-order valence-corrected chi connectivity index (χ0v) is 13.9. The second-order valence-corrected chi connectivity index (χ2v) is 6.54. The first-order valence-electron chi connectivity index (χ1n) is 8.26. The van der Waals surface area contributed by atoms with E-state index in [1.54, 1.807) is 17.0 Å². The number of hydrogen-bond acceptors (Lipinski definition) is 6. The number of benzene rings is 1. The lowest BCUT2D eigenvalue weighted by molar-refractivity contribution is -0.150. The molecule has 2 aromatic heterocycles. The third kappa shape index (κ3) is 2.68. The van der Waals surface area contributed by atoms with Gasteiger partial charge in [-0.3, -0.25) is 4.90 Å². The standard InChI is InChI=1S/C17H19N5O3/c1-12-18-6-9-22(12)17(16(23)24)4-7-21(8-5-17)11-13-2-3-14-15(10-13)20-25-19-14/h2-3,6,9-10H,4-5,7-8,11H2,1H3,(H,23,24). The highest BCUT2D eigenvalue weighted by molar-refractivity contribution is 5.77. The minimum Gasteiger partial charge on any atom is -0.479 e. The Balaban J connectivity index is 1.50. The lowest BCUT2D eigenvalue weighted by Crippen LogP contribution is -2.51. The number of aliphatic carboxylic acids is 1. The summed E-state index contributed by atoms with van der Waals surface area (Å²) < 4.78 is 6.53. The molecule has 1 N–H and O–H groups in total. The van der Waals surface area contributed by atoms with Crippen molar-refractivity contribution in [3.63, 3.8) is 0 Å². The lowest BCUT2D eigenvalue weighted by atomic mass is 9.86. The Labute approximate surface area is 144 Å². The summed E-state index contributed by atoms with van der Waals surface area (Å²) in [5.41, 5.74) is 1.69. The molecule has 0 amide bonds. The van der Waals surface area contributed by atoms with Gasteiger partial charge < -0.3 is 9.67 Å². The van der Waals surface area contributed by atoms with Crippen molar-refractivity contribution in [1.29, 1.82) is 0 Å². The summed E-state index contributed by atoms with van der Waals surface area (Å²) in [7, 11) is 0. The van der Waals surface area contributed by atoms with Crippen LogP contribution < -0.4 is 0 Å². The third-order valence-electron chi connectivity index (χ3n) is 5.09. The van der Waals surface area contributed by atoms with Crippen molar-refractivity contribution in [2.24, 2.45) is 0 Å². The van der Waals surface area contributed by atoms with E-state index in [4.69, 9.17) is 4.63 Å². The zero-order chi connectivity index (χ0) is 17.4. The quantitative estimate of drug-likeness (QED) is 0.773. The Morgan fingerprint density at radius 1 is 1.28 bits per heavy atom. The highest BCUT2D eigenvalue weighted by atomic mass is 16.6. The smallest absolute Gasteiger partial charge is 0.330 e. The summed E-state index contributed by atoms with van der Waals surface area (Å²) in [4.78, 5) is 18.5.